The Balaban J connectivity index is 2.84. The lowest BCUT2D eigenvalue weighted by molar-refractivity contribution is -0.0441. The molecular weight excluding hydrogens is 295 g/mol. The molecule has 0 aliphatic heterocycles. The Morgan fingerprint density at radius 1 is 1.00 bits per heavy atom. The molecule has 0 bridgehead atoms. The zero-order valence-corrected chi connectivity index (χ0v) is 11.2. The van der Waals surface area contributed by atoms with E-state index in [4.69, 9.17) is 0 Å². The standard InChI is InChI=1S/C8H14F3NO4S2/c1-6-2-4-7(5-3-6)17(13,14)12-18(15,16)8(9,10)11/h6-7,12H,2-5H2,1H3. The highest BCUT2D eigenvalue weighted by atomic mass is 32.3. The van der Waals surface area contributed by atoms with Gasteiger partial charge in [0.25, 0.3) is 0 Å². The molecule has 1 saturated carbocycles. The summed E-state index contributed by atoms with van der Waals surface area (Å²) >= 11 is 0. The Labute approximate surface area is 104 Å². The molecule has 1 N–H and O–H groups in total. The number of alkyl halides is 3. The third-order valence-electron chi connectivity index (χ3n) is 2.93. The zero-order valence-electron chi connectivity index (χ0n) is 9.57. The average Bonchev–Trinajstić information content (AvgIpc) is 2.14. The van der Waals surface area contributed by atoms with Gasteiger partial charge in [0.05, 0.1) is 5.25 Å². The molecular formula is C8H14F3NO4S2. The van der Waals surface area contributed by atoms with Crippen LogP contribution in [0.2, 0.25) is 0 Å². The number of rotatable bonds is 3. The van der Waals surface area contributed by atoms with Crippen molar-refractivity contribution in [3.05, 3.63) is 0 Å². The highest BCUT2D eigenvalue weighted by Gasteiger charge is 2.49. The summed E-state index contributed by atoms with van der Waals surface area (Å²) in [5.74, 6) is 0.302. The number of halogens is 3. The Morgan fingerprint density at radius 2 is 1.44 bits per heavy atom. The van der Waals surface area contributed by atoms with E-state index in [1.165, 1.54) is 0 Å². The third kappa shape index (κ3) is 3.58. The Hall–Kier alpha value is -0.350. The summed E-state index contributed by atoms with van der Waals surface area (Å²) < 4.78 is 81.7. The second-order valence-electron chi connectivity index (χ2n) is 4.46. The first-order valence-corrected chi connectivity index (χ1v) is 8.32. The van der Waals surface area contributed by atoms with Gasteiger partial charge in [0, 0.05) is 0 Å². The van der Waals surface area contributed by atoms with E-state index in [-0.39, 0.29) is 12.8 Å². The molecule has 1 aliphatic carbocycles. The van der Waals surface area contributed by atoms with Gasteiger partial charge in [0.2, 0.25) is 10.0 Å². The van der Waals surface area contributed by atoms with E-state index in [0.717, 1.165) is 4.13 Å². The SMILES string of the molecule is CC1CCC(S(=O)(=O)NS(=O)(=O)C(F)(F)F)CC1. The van der Waals surface area contributed by atoms with Gasteiger partial charge in [0.1, 0.15) is 0 Å². The maximum atomic E-state index is 12.1. The largest absolute Gasteiger partial charge is 0.512 e. The van der Waals surface area contributed by atoms with E-state index >= 15 is 0 Å². The predicted molar refractivity (Wildman–Crippen MR) is 58.5 cm³/mol. The second-order valence-corrected chi connectivity index (χ2v) is 8.35. The van der Waals surface area contributed by atoms with Crippen molar-refractivity contribution in [2.75, 3.05) is 0 Å². The molecule has 0 radical (unpaired) electrons. The van der Waals surface area contributed by atoms with Gasteiger partial charge in [-0.15, -0.1) is 4.13 Å². The van der Waals surface area contributed by atoms with Crippen LogP contribution in [0, 0.1) is 5.92 Å². The number of hydrogen-bond donors (Lipinski definition) is 1. The van der Waals surface area contributed by atoms with Gasteiger partial charge in [-0.05, 0) is 31.6 Å². The monoisotopic (exact) mass is 309 g/mol. The smallest absolute Gasteiger partial charge is 0.211 e. The van der Waals surface area contributed by atoms with Crippen molar-refractivity contribution < 1.29 is 30.0 Å². The highest BCUT2D eigenvalue weighted by molar-refractivity contribution is 8.05. The number of hydrogen-bond acceptors (Lipinski definition) is 4. The van der Waals surface area contributed by atoms with E-state index in [1.54, 1.807) is 0 Å². The van der Waals surface area contributed by atoms with Gasteiger partial charge in [-0.2, -0.15) is 13.2 Å². The summed E-state index contributed by atoms with van der Waals surface area (Å²) in [5.41, 5.74) is -5.62. The molecule has 10 heteroatoms. The van der Waals surface area contributed by atoms with E-state index < -0.39 is 30.8 Å². The third-order valence-corrected chi connectivity index (χ3v) is 6.70. The molecule has 5 nitrogen and oxygen atoms in total. The van der Waals surface area contributed by atoms with Gasteiger partial charge >= 0.3 is 15.5 Å². The molecule has 0 heterocycles. The van der Waals surface area contributed by atoms with Gasteiger partial charge < -0.3 is 0 Å². The average molecular weight is 309 g/mol. The lowest BCUT2D eigenvalue weighted by Gasteiger charge is -2.25. The summed E-state index contributed by atoms with van der Waals surface area (Å²) in [6.07, 6.45) is 1.45. The molecule has 0 spiro atoms. The highest BCUT2D eigenvalue weighted by Crippen LogP contribution is 2.29. The minimum absolute atomic E-state index is 0.171. The predicted octanol–water partition coefficient (Wildman–Crippen LogP) is 1.33. The first kappa shape index (κ1) is 15.7. The maximum Gasteiger partial charge on any atom is 0.512 e. The Kier molecular flexibility index (Phi) is 4.34. The molecule has 0 aromatic heterocycles. The van der Waals surface area contributed by atoms with Gasteiger partial charge in [-0.25, -0.2) is 16.8 Å². The van der Waals surface area contributed by atoms with Crippen molar-refractivity contribution in [2.45, 2.75) is 43.4 Å². The fourth-order valence-corrected chi connectivity index (χ4v) is 4.85. The van der Waals surface area contributed by atoms with Crippen molar-refractivity contribution in [3.8, 4) is 0 Å². The molecule has 108 valence electrons. The van der Waals surface area contributed by atoms with Crippen LogP contribution >= 0.6 is 0 Å². The van der Waals surface area contributed by atoms with Crippen molar-refractivity contribution in [3.63, 3.8) is 0 Å². The first-order valence-electron chi connectivity index (χ1n) is 5.29. The maximum absolute atomic E-state index is 12.1. The van der Waals surface area contributed by atoms with Crippen LogP contribution in [0.3, 0.4) is 0 Å². The molecule has 1 fully saturated rings. The fraction of sp³-hybridized carbons (Fsp3) is 1.00. The summed E-state index contributed by atoms with van der Waals surface area (Å²) in [6.45, 7) is 1.91. The second kappa shape index (κ2) is 4.97. The molecule has 0 aromatic rings. The quantitative estimate of drug-likeness (QED) is 0.853. The van der Waals surface area contributed by atoms with E-state index in [9.17, 15) is 30.0 Å². The normalized spacial score (nSPS) is 27.1. The molecule has 0 saturated heterocycles. The number of nitrogens with one attached hydrogen (secondary N) is 1. The summed E-state index contributed by atoms with van der Waals surface area (Å²) in [6, 6.07) is 0. The minimum Gasteiger partial charge on any atom is -0.211 e. The number of sulfonamides is 2. The molecule has 0 unspecified atom stereocenters. The van der Waals surface area contributed by atoms with Crippen molar-refractivity contribution in [2.24, 2.45) is 5.92 Å². The van der Waals surface area contributed by atoms with Crippen molar-refractivity contribution in [1.29, 1.82) is 0 Å². The van der Waals surface area contributed by atoms with Crippen molar-refractivity contribution >= 4 is 20.0 Å². The molecule has 0 amide bonds. The molecule has 18 heavy (non-hydrogen) atoms. The van der Waals surface area contributed by atoms with Gasteiger partial charge in [-0.3, -0.25) is 0 Å². The summed E-state index contributed by atoms with van der Waals surface area (Å²) in [4.78, 5) is 0. The topological polar surface area (TPSA) is 80.3 Å². The Bertz CT molecular complexity index is 489. The van der Waals surface area contributed by atoms with Crippen molar-refractivity contribution in [1.82, 2.24) is 4.13 Å². The van der Waals surface area contributed by atoms with Crippen LogP contribution in [-0.4, -0.2) is 27.6 Å². The lowest BCUT2D eigenvalue weighted by Crippen LogP contribution is -2.45. The van der Waals surface area contributed by atoms with Crippen LogP contribution in [0.15, 0.2) is 0 Å². The molecule has 0 atom stereocenters. The zero-order chi connectivity index (χ0) is 14.2. The minimum atomic E-state index is -5.86. The van der Waals surface area contributed by atoms with E-state index in [0.29, 0.717) is 18.8 Å². The summed E-state index contributed by atoms with van der Waals surface area (Å²) in [7, 11) is -10.4. The van der Waals surface area contributed by atoms with E-state index in [1.807, 2.05) is 6.92 Å². The molecule has 1 aliphatic rings. The van der Waals surface area contributed by atoms with Crippen LogP contribution in [0.25, 0.3) is 0 Å². The van der Waals surface area contributed by atoms with Gasteiger partial charge in [0.15, 0.2) is 0 Å². The van der Waals surface area contributed by atoms with Crippen LogP contribution in [-0.2, 0) is 20.0 Å². The Morgan fingerprint density at radius 3 is 1.83 bits per heavy atom. The first-order chi connectivity index (χ1) is 7.96. The van der Waals surface area contributed by atoms with E-state index in [2.05, 4.69) is 0 Å². The van der Waals surface area contributed by atoms with Crippen LogP contribution in [0.5, 0.6) is 0 Å². The van der Waals surface area contributed by atoms with Crippen LogP contribution in [0.4, 0.5) is 13.2 Å². The lowest BCUT2D eigenvalue weighted by atomic mass is 9.91. The summed E-state index contributed by atoms with van der Waals surface area (Å²) in [5, 5.41) is -1.08. The van der Waals surface area contributed by atoms with Crippen LogP contribution < -0.4 is 4.13 Å². The fourth-order valence-electron chi connectivity index (χ4n) is 1.81. The van der Waals surface area contributed by atoms with Gasteiger partial charge in [-0.1, -0.05) is 6.92 Å². The molecule has 1 rings (SSSR count). The molecule has 0 aromatic carbocycles. The van der Waals surface area contributed by atoms with Crippen LogP contribution in [0.1, 0.15) is 32.6 Å².